The summed E-state index contributed by atoms with van der Waals surface area (Å²) >= 11 is 4.26. The van der Waals surface area contributed by atoms with E-state index in [0.29, 0.717) is 4.75 Å². The van der Waals surface area contributed by atoms with E-state index in [-0.39, 0.29) is 24.8 Å². The Morgan fingerprint density at radius 1 is 1.36 bits per heavy atom. The van der Waals surface area contributed by atoms with Crippen molar-refractivity contribution in [3.63, 3.8) is 0 Å². The smallest absolute Gasteiger partial charge is 1.00 e. The first kappa shape index (κ1) is 17.5. The Bertz CT molecular complexity index is 229. The Morgan fingerprint density at radius 3 is 2.29 bits per heavy atom. The summed E-state index contributed by atoms with van der Waals surface area (Å²) in [7, 11) is 0. The second kappa shape index (κ2) is 7.41. The summed E-state index contributed by atoms with van der Waals surface area (Å²) in [5.74, 6) is 1.17. The molecule has 0 spiro atoms. The molecule has 4 heteroatoms. The molecule has 0 aromatic rings. The van der Waals surface area contributed by atoms with Gasteiger partial charge >= 0.3 is 91.5 Å². The Kier molecular flexibility index (Phi) is 9.27. The third kappa shape index (κ3) is 6.58. The van der Waals surface area contributed by atoms with Crippen LogP contribution in [0.4, 0.5) is 0 Å². The van der Waals surface area contributed by atoms with Crippen molar-refractivity contribution in [2.45, 2.75) is 31.9 Å². The fourth-order valence-corrected chi connectivity index (χ4v) is 2.49. The maximum atomic E-state index is 2.27. The van der Waals surface area contributed by atoms with Crippen molar-refractivity contribution in [3.8, 4) is 0 Å². The number of hydrogen-bond donors (Lipinski definition) is 0. The number of rotatable bonds is 2. The van der Waals surface area contributed by atoms with Crippen LogP contribution in [0.5, 0.6) is 0 Å². The maximum Gasteiger partial charge on any atom is -1.00 e. The van der Waals surface area contributed by atoms with Crippen molar-refractivity contribution in [1.29, 1.82) is 0 Å². The Labute approximate surface area is 116 Å². The minimum Gasteiger partial charge on any atom is -1.00 e. The van der Waals surface area contributed by atoms with Crippen LogP contribution < -0.4 is 24.8 Å². The molecular formula is C10H15Cl2STi. The Balaban J connectivity index is 0. The molecular weight excluding hydrogens is 271 g/mol. The largest absolute Gasteiger partial charge is 1.00 e. The molecule has 0 atom stereocenters. The van der Waals surface area contributed by atoms with Gasteiger partial charge in [-0.25, -0.2) is 0 Å². The van der Waals surface area contributed by atoms with Crippen LogP contribution >= 0.6 is 11.8 Å². The van der Waals surface area contributed by atoms with Gasteiger partial charge < -0.3 is 24.8 Å². The van der Waals surface area contributed by atoms with Crippen LogP contribution in [0.1, 0.15) is 27.2 Å². The first-order valence-electron chi connectivity index (χ1n) is 4.23. The van der Waals surface area contributed by atoms with Gasteiger partial charge in [0.2, 0.25) is 0 Å². The Hall–Kier alpha value is 1.12. The molecule has 0 saturated carbocycles. The summed E-state index contributed by atoms with van der Waals surface area (Å²) in [6, 6.07) is 0. The molecule has 0 saturated heterocycles. The molecule has 0 aliphatic heterocycles. The molecule has 14 heavy (non-hydrogen) atoms. The fraction of sp³-hybridized carbons (Fsp3) is 0.600. The SMILES string of the molecule is CC(C)(C)SCC1=[C]([Ti+2])CC=C1.[Cl-].[Cl-]. The van der Waals surface area contributed by atoms with E-state index in [9.17, 15) is 0 Å². The summed E-state index contributed by atoms with van der Waals surface area (Å²) in [4.78, 5) is 0. The predicted molar refractivity (Wildman–Crippen MR) is 53.0 cm³/mol. The summed E-state index contributed by atoms with van der Waals surface area (Å²) in [6.07, 6.45) is 5.70. The van der Waals surface area contributed by atoms with Crippen LogP contribution in [0.25, 0.3) is 0 Å². The van der Waals surface area contributed by atoms with Crippen molar-refractivity contribution < 1.29 is 45.2 Å². The summed E-state index contributed by atoms with van der Waals surface area (Å²) < 4.78 is 1.94. The zero-order valence-corrected chi connectivity index (χ0v) is 12.6. The van der Waals surface area contributed by atoms with Gasteiger partial charge in [0.05, 0.1) is 0 Å². The molecule has 0 fully saturated rings. The van der Waals surface area contributed by atoms with Crippen molar-refractivity contribution in [2.75, 3.05) is 5.75 Å². The molecule has 0 bridgehead atoms. The zero-order valence-electron chi connectivity index (χ0n) is 8.73. The molecule has 0 radical (unpaired) electrons. The van der Waals surface area contributed by atoms with E-state index >= 15 is 0 Å². The molecule has 0 N–H and O–H groups in total. The first-order chi connectivity index (χ1) is 5.49. The molecule has 0 aromatic heterocycles. The summed E-state index contributed by atoms with van der Waals surface area (Å²) in [5, 5.41) is 0. The first-order valence-corrected chi connectivity index (χ1v) is 6.00. The molecule has 0 amide bonds. The van der Waals surface area contributed by atoms with Crippen LogP contribution in [0.2, 0.25) is 0 Å². The van der Waals surface area contributed by atoms with Gasteiger partial charge in [-0.1, -0.05) is 0 Å². The number of thioether (sulfide) groups is 1. The third-order valence-corrected chi connectivity index (χ3v) is 3.83. The standard InChI is InChI=1S/C10H15S.2ClH.Ti/c1-10(2,3)11-8-9-6-4-5-7-9;;;/h4,6H,5,8H2,1-3H3;2*1H;/q;;;+2/p-2. The van der Waals surface area contributed by atoms with Crippen LogP contribution in [-0.2, 0) is 20.4 Å². The van der Waals surface area contributed by atoms with E-state index in [1.165, 1.54) is 17.7 Å². The second-order valence-corrected chi connectivity index (χ2v) is 6.76. The molecule has 0 unspecified atom stereocenters. The van der Waals surface area contributed by atoms with Crippen LogP contribution in [0.3, 0.4) is 0 Å². The number of hydrogen-bond acceptors (Lipinski definition) is 1. The number of allylic oxidation sites excluding steroid dienone is 3. The van der Waals surface area contributed by atoms with Gasteiger partial charge in [-0.3, -0.25) is 0 Å². The zero-order chi connectivity index (χ0) is 9.19. The Morgan fingerprint density at radius 2 is 1.93 bits per heavy atom. The van der Waals surface area contributed by atoms with Gasteiger partial charge in [-0.15, -0.1) is 0 Å². The predicted octanol–water partition coefficient (Wildman–Crippen LogP) is -2.71. The van der Waals surface area contributed by atoms with Crippen molar-refractivity contribution in [3.05, 3.63) is 21.6 Å². The van der Waals surface area contributed by atoms with Crippen molar-refractivity contribution >= 4 is 11.8 Å². The van der Waals surface area contributed by atoms with Gasteiger partial charge in [-0.2, -0.15) is 0 Å². The van der Waals surface area contributed by atoms with E-state index in [4.69, 9.17) is 0 Å². The van der Waals surface area contributed by atoms with Gasteiger partial charge in [0.15, 0.2) is 0 Å². The van der Waals surface area contributed by atoms with Crippen LogP contribution in [0, 0.1) is 0 Å². The topological polar surface area (TPSA) is 0 Å². The molecule has 1 aliphatic carbocycles. The van der Waals surface area contributed by atoms with E-state index in [0.717, 1.165) is 0 Å². The summed E-state index contributed by atoms with van der Waals surface area (Å²) in [5.41, 5.74) is 1.54. The molecule has 1 rings (SSSR count). The fourth-order valence-electron chi connectivity index (χ4n) is 0.980. The maximum absolute atomic E-state index is 2.27. The second-order valence-electron chi connectivity index (χ2n) is 4.01. The van der Waals surface area contributed by atoms with E-state index in [1.807, 2.05) is 11.8 Å². The molecule has 0 aromatic carbocycles. The molecule has 0 heterocycles. The van der Waals surface area contributed by atoms with Gasteiger partial charge in [0.1, 0.15) is 0 Å². The van der Waals surface area contributed by atoms with Crippen molar-refractivity contribution in [2.24, 2.45) is 0 Å². The molecule has 79 valence electrons. The molecule has 0 nitrogen and oxygen atoms in total. The van der Waals surface area contributed by atoms with Crippen LogP contribution in [-0.4, -0.2) is 10.5 Å². The van der Waals surface area contributed by atoms with Crippen LogP contribution in [0.15, 0.2) is 21.6 Å². The number of halogens is 2. The average molecular weight is 286 g/mol. The van der Waals surface area contributed by atoms with Gasteiger partial charge in [0, 0.05) is 0 Å². The molecule has 1 aliphatic rings. The normalized spacial score (nSPS) is 15.2. The third-order valence-electron chi connectivity index (χ3n) is 1.69. The quantitative estimate of drug-likeness (QED) is 0.497. The van der Waals surface area contributed by atoms with E-state index in [2.05, 4.69) is 53.4 Å². The van der Waals surface area contributed by atoms with Gasteiger partial charge in [0.25, 0.3) is 0 Å². The van der Waals surface area contributed by atoms with E-state index < -0.39 is 0 Å². The minimum absolute atomic E-state index is 0. The monoisotopic (exact) mass is 285 g/mol. The van der Waals surface area contributed by atoms with Crippen molar-refractivity contribution in [1.82, 2.24) is 0 Å². The van der Waals surface area contributed by atoms with Gasteiger partial charge in [-0.05, 0) is 0 Å². The van der Waals surface area contributed by atoms with E-state index in [1.54, 1.807) is 3.88 Å². The minimum atomic E-state index is 0. The average Bonchev–Trinajstić information content (AvgIpc) is 2.29. The summed E-state index contributed by atoms with van der Waals surface area (Å²) in [6.45, 7) is 6.81.